The molecule has 3 heterocycles. The van der Waals surface area contributed by atoms with Crippen LogP contribution in [-0.4, -0.2) is 64.9 Å². The summed E-state index contributed by atoms with van der Waals surface area (Å²) in [5, 5.41) is 13.1. The number of ether oxygens (including phenoxy) is 2. The number of halogens is 2. The van der Waals surface area contributed by atoms with Crippen molar-refractivity contribution in [2.24, 2.45) is 0 Å². The number of carbonyl (C=O) groups excluding carboxylic acids is 2. The second kappa shape index (κ2) is 8.75. The molecule has 0 bridgehead atoms. The molecular weight excluding hydrogens is 436 g/mol. The molecule has 2 saturated heterocycles. The highest BCUT2D eigenvalue weighted by Gasteiger charge is 2.51. The maximum absolute atomic E-state index is 13.9. The molecule has 2 N–H and O–H groups in total. The molecule has 10 heteroatoms. The highest BCUT2D eigenvalue weighted by molar-refractivity contribution is 5.96. The number of carbonyl (C=O) groups is 2. The topological polar surface area (TPSA) is 91.3 Å². The van der Waals surface area contributed by atoms with Gasteiger partial charge in [-0.2, -0.15) is 0 Å². The minimum atomic E-state index is -0.755. The quantitative estimate of drug-likeness (QED) is 0.716. The number of benzene rings is 1. The van der Waals surface area contributed by atoms with Crippen molar-refractivity contribution in [2.45, 2.75) is 50.6 Å². The maximum atomic E-state index is 13.9. The van der Waals surface area contributed by atoms with E-state index in [4.69, 9.17) is 9.47 Å². The van der Waals surface area contributed by atoms with E-state index in [0.717, 1.165) is 37.8 Å². The van der Waals surface area contributed by atoms with Gasteiger partial charge < -0.3 is 29.7 Å². The van der Waals surface area contributed by atoms with Crippen LogP contribution in [0.4, 0.5) is 8.78 Å². The highest BCUT2D eigenvalue weighted by Crippen LogP contribution is 2.39. The molecule has 1 unspecified atom stereocenters. The molecule has 1 aromatic carbocycles. The average molecular weight is 461 g/mol. The predicted octanol–water partition coefficient (Wildman–Crippen LogP) is 2.08. The van der Waals surface area contributed by atoms with Crippen LogP contribution in [0.15, 0.2) is 41.4 Å². The first-order valence-corrected chi connectivity index (χ1v) is 11.1. The maximum Gasteiger partial charge on any atom is 0.276 e. The Kier molecular flexibility index (Phi) is 5.79. The number of fused-ring (bicyclic) bond motifs is 4. The lowest BCUT2D eigenvalue weighted by Crippen LogP contribution is -2.55. The van der Waals surface area contributed by atoms with E-state index in [9.17, 15) is 23.5 Å². The third kappa shape index (κ3) is 4.08. The van der Waals surface area contributed by atoms with Crippen LogP contribution < -0.4 is 5.32 Å². The number of aliphatic hydroxyl groups is 1. The SMILES string of the molecule is O=C(NCc1ccc(F)cc1F)/C1=C/N2CC3O[C@H]4CCCC[C@H]4N3C(=O)/C2=C(\O)COC1. The van der Waals surface area contributed by atoms with Crippen molar-refractivity contribution in [3.63, 3.8) is 0 Å². The Morgan fingerprint density at radius 1 is 1.21 bits per heavy atom. The van der Waals surface area contributed by atoms with E-state index in [-0.39, 0.29) is 66.9 Å². The van der Waals surface area contributed by atoms with Gasteiger partial charge in [0.25, 0.3) is 11.8 Å². The summed E-state index contributed by atoms with van der Waals surface area (Å²) in [5.41, 5.74) is 0.427. The standard InChI is InChI=1S/C23H25F2N3O5/c24-15-6-5-13(16(25)7-15)8-26-22(30)14-9-27-10-20-28(17-3-1-2-4-19(17)33-20)23(31)21(27)18(29)12-32-11-14/h5-7,9,17,19-20,29H,1-4,8,10-12H2,(H,26,30)/b14-9+,21-18+/t17-,19+,20?/m1/s1. The molecule has 0 aromatic heterocycles. The normalized spacial score (nSPS) is 31.0. The Morgan fingerprint density at radius 2 is 2.03 bits per heavy atom. The summed E-state index contributed by atoms with van der Waals surface area (Å²) in [5.74, 6) is -2.50. The number of nitrogens with one attached hydrogen (secondary N) is 1. The first kappa shape index (κ1) is 21.8. The average Bonchev–Trinajstić information content (AvgIpc) is 3.15. The van der Waals surface area contributed by atoms with Gasteiger partial charge in [-0.3, -0.25) is 9.59 Å². The van der Waals surface area contributed by atoms with Gasteiger partial charge in [0.1, 0.15) is 29.7 Å². The number of amides is 2. The minimum absolute atomic E-state index is 0.0117. The fourth-order valence-electron chi connectivity index (χ4n) is 4.99. The van der Waals surface area contributed by atoms with E-state index in [1.807, 2.05) is 0 Å². The Hall–Kier alpha value is -2.98. The zero-order valence-electron chi connectivity index (χ0n) is 17.9. The molecule has 0 spiro atoms. The number of nitrogens with zero attached hydrogens (tertiary/aromatic N) is 2. The van der Waals surface area contributed by atoms with E-state index in [2.05, 4.69) is 5.32 Å². The molecule has 33 heavy (non-hydrogen) atoms. The van der Waals surface area contributed by atoms with Gasteiger partial charge in [0.15, 0.2) is 6.23 Å². The van der Waals surface area contributed by atoms with Gasteiger partial charge in [-0.15, -0.1) is 0 Å². The fraction of sp³-hybridized carbons (Fsp3) is 0.478. The molecule has 1 saturated carbocycles. The van der Waals surface area contributed by atoms with Crippen LogP contribution in [0.25, 0.3) is 0 Å². The van der Waals surface area contributed by atoms with Crippen molar-refractivity contribution in [1.29, 1.82) is 0 Å². The first-order valence-electron chi connectivity index (χ1n) is 11.1. The van der Waals surface area contributed by atoms with Crippen molar-refractivity contribution in [2.75, 3.05) is 19.8 Å². The van der Waals surface area contributed by atoms with Crippen LogP contribution in [0.3, 0.4) is 0 Å². The number of aliphatic hydroxyl groups excluding tert-OH is 1. The van der Waals surface area contributed by atoms with Crippen LogP contribution in [-0.2, 0) is 25.6 Å². The largest absolute Gasteiger partial charge is 0.507 e. The molecular formula is C23H25F2N3O5. The Morgan fingerprint density at radius 3 is 2.85 bits per heavy atom. The second-order valence-electron chi connectivity index (χ2n) is 8.71. The number of hydrogen-bond acceptors (Lipinski definition) is 6. The summed E-state index contributed by atoms with van der Waals surface area (Å²) in [6, 6.07) is 3.13. The molecule has 0 radical (unpaired) electrons. The van der Waals surface area contributed by atoms with Crippen molar-refractivity contribution in [3.8, 4) is 0 Å². The third-order valence-corrected chi connectivity index (χ3v) is 6.57. The van der Waals surface area contributed by atoms with Crippen LogP contribution >= 0.6 is 0 Å². The zero-order valence-corrected chi connectivity index (χ0v) is 17.9. The third-order valence-electron chi connectivity index (χ3n) is 6.57. The van der Waals surface area contributed by atoms with Gasteiger partial charge >= 0.3 is 0 Å². The van der Waals surface area contributed by atoms with E-state index >= 15 is 0 Å². The van der Waals surface area contributed by atoms with Crippen molar-refractivity contribution in [1.82, 2.24) is 15.1 Å². The molecule has 5 rings (SSSR count). The number of rotatable bonds is 3. The lowest BCUT2D eigenvalue weighted by molar-refractivity contribution is -0.141. The van der Waals surface area contributed by atoms with Gasteiger partial charge in [0.2, 0.25) is 0 Å². The molecule has 3 atom stereocenters. The van der Waals surface area contributed by atoms with Gasteiger partial charge in [-0.25, -0.2) is 8.78 Å². The zero-order chi connectivity index (χ0) is 23.1. The minimum Gasteiger partial charge on any atom is -0.507 e. The molecule has 3 aliphatic heterocycles. The molecule has 1 aliphatic carbocycles. The van der Waals surface area contributed by atoms with Gasteiger partial charge in [-0.1, -0.05) is 18.9 Å². The Labute approximate surface area is 189 Å². The van der Waals surface area contributed by atoms with Gasteiger partial charge in [0, 0.05) is 24.4 Å². The van der Waals surface area contributed by atoms with Crippen LogP contribution in [0.1, 0.15) is 31.2 Å². The van der Waals surface area contributed by atoms with Crippen molar-refractivity contribution in [3.05, 3.63) is 58.6 Å². The summed E-state index contributed by atoms with van der Waals surface area (Å²) in [4.78, 5) is 29.4. The monoisotopic (exact) mass is 461 g/mol. The van der Waals surface area contributed by atoms with E-state index in [1.54, 1.807) is 9.80 Å². The summed E-state index contributed by atoms with van der Waals surface area (Å²) in [6.07, 6.45) is 4.83. The lowest BCUT2D eigenvalue weighted by atomic mass is 9.92. The van der Waals surface area contributed by atoms with Crippen molar-refractivity contribution >= 4 is 11.8 Å². The molecule has 4 aliphatic rings. The smallest absolute Gasteiger partial charge is 0.276 e. The molecule has 1 aromatic rings. The van der Waals surface area contributed by atoms with Crippen LogP contribution in [0.5, 0.6) is 0 Å². The first-order chi connectivity index (χ1) is 15.9. The molecule has 176 valence electrons. The lowest BCUT2D eigenvalue weighted by Gasteiger charge is -2.40. The Bertz CT molecular complexity index is 1040. The van der Waals surface area contributed by atoms with Crippen molar-refractivity contribution < 1.29 is 33.0 Å². The van der Waals surface area contributed by atoms with Gasteiger partial charge in [-0.05, 0) is 18.9 Å². The number of piperazine rings is 1. The van der Waals surface area contributed by atoms with E-state index in [0.29, 0.717) is 0 Å². The second-order valence-corrected chi connectivity index (χ2v) is 8.71. The summed E-state index contributed by atoms with van der Waals surface area (Å²) in [6.45, 7) is -0.192. The van der Waals surface area contributed by atoms with Gasteiger partial charge in [0.05, 0.1) is 30.9 Å². The predicted molar refractivity (Wildman–Crippen MR) is 111 cm³/mol. The fourth-order valence-corrected chi connectivity index (χ4v) is 4.99. The summed E-state index contributed by atoms with van der Waals surface area (Å²) >= 11 is 0. The number of hydrogen-bond donors (Lipinski definition) is 2. The molecule has 8 nitrogen and oxygen atoms in total. The van der Waals surface area contributed by atoms with E-state index in [1.165, 1.54) is 12.3 Å². The molecule has 2 amide bonds. The van der Waals surface area contributed by atoms with Crippen LogP contribution in [0, 0.1) is 11.6 Å². The van der Waals surface area contributed by atoms with Crippen LogP contribution in [0.2, 0.25) is 0 Å². The Balaban J connectivity index is 1.36. The summed E-state index contributed by atoms with van der Waals surface area (Å²) in [7, 11) is 0. The highest BCUT2D eigenvalue weighted by atomic mass is 19.1. The summed E-state index contributed by atoms with van der Waals surface area (Å²) < 4.78 is 38.6. The molecule has 3 fully saturated rings. The van der Waals surface area contributed by atoms with E-state index < -0.39 is 23.8 Å².